The third kappa shape index (κ3) is 3.18. The lowest BCUT2D eigenvalue weighted by Crippen LogP contribution is -2.51. The zero-order chi connectivity index (χ0) is 14.5. The lowest BCUT2D eigenvalue weighted by atomic mass is 9.84. The first-order chi connectivity index (χ1) is 9.63. The molecule has 2 atom stereocenters. The van der Waals surface area contributed by atoms with Gasteiger partial charge >= 0.3 is 0 Å². The molecule has 1 aromatic rings. The molecular weight excluding hydrogens is 252 g/mol. The topological polar surface area (TPSA) is 49.4 Å². The van der Waals surface area contributed by atoms with Gasteiger partial charge in [0.15, 0.2) is 0 Å². The average Bonchev–Trinajstić information content (AvgIpc) is 2.48. The number of rotatable bonds is 4. The normalized spacial score (nSPS) is 18.3. The molecule has 4 heteroatoms. The molecule has 0 aliphatic carbocycles. The second-order valence-electron chi connectivity index (χ2n) is 5.38. The fourth-order valence-corrected chi connectivity index (χ4v) is 2.63. The van der Waals surface area contributed by atoms with Gasteiger partial charge in [-0.3, -0.25) is 9.59 Å². The van der Waals surface area contributed by atoms with Crippen molar-refractivity contribution in [3.05, 3.63) is 35.9 Å². The molecule has 0 aromatic heterocycles. The second kappa shape index (κ2) is 6.55. The van der Waals surface area contributed by atoms with E-state index in [4.69, 9.17) is 0 Å². The molecule has 1 aromatic carbocycles. The van der Waals surface area contributed by atoms with Gasteiger partial charge in [0.1, 0.15) is 0 Å². The van der Waals surface area contributed by atoms with Gasteiger partial charge in [-0.15, -0.1) is 0 Å². The third-order valence-electron chi connectivity index (χ3n) is 3.99. The van der Waals surface area contributed by atoms with Crippen LogP contribution in [0.4, 0.5) is 0 Å². The highest BCUT2D eigenvalue weighted by atomic mass is 16.2. The van der Waals surface area contributed by atoms with Gasteiger partial charge in [-0.05, 0) is 11.5 Å². The fraction of sp³-hybridized carbons (Fsp3) is 0.500. The zero-order valence-corrected chi connectivity index (χ0v) is 12.1. The second-order valence-corrected chi connectivity index (χ2v) is 5.38. The predicted molar refractivity (Wildman–Crippen MR) is 78.2 cm³/mol. The molecule has 0 spiro atoms. The highest BCUT2D eigenvalue weighted by molar-refractivity contribution is 5.89. The van der Waals surface area contributed by atoms with E-state index in [2.05, 4.69) is 19.2 Å². The molecule has 108 valence electrons. The van der Waals surface area contributed by atoms with Crippen LogP contribution in [-0.4, -0.2) is 36.3 Å². The van der Waals surface area contributed by atoms with Gasteiger partial charge in [0.25, 0.3) is 0 Å². The summed E-state index contributed by atoms with van der Waals surface area (Å²) in [6.45, 7) is 5.52. The first-order valence-electron chi connectivity index (χ1n) is 7.24. The summed E-state index contributed by atoms with van der Waals surface area (Å²) in [4.78, 5) is 25.9. The van der Waals surface area contributed by atoms with Crippen molar-refractivity contribution >= 4 is 11.8 Å². The Hall–Kier alpha value is -1.84. The smallest absolute Gasteiger partial charge is 0.239 e. The van der Waals surface area contributed by atoms with Crippen LogP contribution in [-0.2, 0) is 9.59 Å². The van der Waals surface area contributed by atoms with Crippen LogP contribution in [0.1, 0.15) is 31.7 Å². The van der Waals surface area contributed by atoms with E-state index in [1.807, 2.05) is 30.3 Å². The molecule has 1 aliphatic rings. The number of amides is 2. The first-order valence-corrected chi connectivity index (χ1v) is 7.24. The number of hydrogen-bond acceptors (Lipinski definition) is 2. The SMILES string of the molecule is CCC(C)C(C(=O)N1CCNC(=O)C1)c1ccccc1. The summed E-state index contributed by atoms with van der Waals surface area (Å²) >= 11 is 0. The van der Waals surface area contributed by atoms with Gasteiger partial charge in [-0.1, -0.05) is 50.6 Å². The van der Waals surface area contributed by atoms with Crippen LogP contribution in [0.2, 0.25) is 0 Å². The third-order valence-corrected chi connectivity index (χ3v) is 3.99. The highest BCUT2D eigenvalue weighted by Crippen LogP contribution is 2.29. The van der Waals surface area contributed by atoms with E-state index in [-0.39, 0.29) is 30.2 Å². The van der Waals surface area contributed by atoms with Crippen LogP contribution in [0.3, 0.4) is 0 Å². The van der Waals surface area contributed by atoms with E-state index in [0.717, 1.165) is 12.0 Å². The van der Waals surface area contributed by atoms with Gasteiger partial charge in [0.2, 0.25) is 11.8 Å². The lowest BCUT2D eigenvalue weighted by molar-refractivity contribution is -0.140. The minimum atomic E-state index is -0.160. The Bertz CT molecular complexity index is 473. The van der Waals surface area contributed by atoms with Crippen LogP contribution >= 0.6 is 0 Å². The zero-order valence-electron chi connectivity index (χ0n) is 12.1. The lowest BCUT2D eigenvalue weighted by Gasteiger charge is -2.32. The van der Waals surface area contributed by atoms with Crippen molar-refractivity contribution in [1.82, 2.24) is 10.2 Å². The summed E-state index contributed by atoms with van der Waals surface area (Å²) < 4.78 is 0. The quantitative estimate of drug-likeness (QED) is 0.909. The molecule has 1 fully saturated rings. The van der Waals surface area contributed by atoms with E-state index in [0.29, 0.717) is 13.1 Å². The van der Waals surface area contributed by atoms with Crippen molar-refractivity contribution in [2.75, 3.05) is 19.6 Å². The maximum atomic E-state index is 12.8. The predicted octanol–water partition coefficient (Wildman–Crippen LogP) is 1.77. The van der Waals surface area contributed by atoms with Gasteiger partial charge < -0.3 is 10.2 Å². The van der Waals surface area contributed by atoms with E-state index in [9.17, 15) is 9.59 Å². The average molecular weight is 274 g/mol. The Balaban J connectivity index is 2.22. The highest BCUT2D eigenvalue weighted by Gasteiger charge is 2.31. The van der Waals surface area contributed by atoms with Crippen molar-refractivity contribution in [2.45, 2.75) is 26.2 Å². The summed E-state index contributed by atoms with van der Waals surface area (Å²) in [6, 6.07) is 9.87. The number of nitrogens with zero attached hydrogens (tertiary/aromatic N) is 1. The van der Waals surface area contributed by atoms with Gasteiger partial charge in [-0.2, -0.15) is 0 Å². The molecule has 1 saturated heterocycles. The van der Waals surface area contributed by atoms with Gasteiger partial charge in [0, 0.05) is 13.1 Å². The summed E-state index contributed by atoms with van der Waals surface area (Å²) in [5, 5.41) is 2.76. The monoisotopic (exact) mass is 274 g/mol. The van der Waals surface area contributed by atoms with Crippen LogP contribution in [0, 0.1) is 5.92 Å². The molecule has 2 unspecified atom stereocenters. The fourth-order valence-electron chi connectivity index (χ4n) is 2.63. The van der Waals surface area contributed by atoms with Gasteiger partial charge in [0.05, 0.1) is 12.5 Å². The Morgan fingerprint density at radius 1 is 1.35 bits per heavy atom. The summed E-state index contributed by atoms with van der Waals surface area (Å²) in [7, 11) is 0. The number of hydrogen-bond donors (Lipinski definition) is 1. The molecular formula is C16H22N2O2. The molecule has 0 radical (unpaired) electrons. The van der Waals surface area contributed by atoms with Crippen LogP contribution in [0.5, 0.6) is 0 Å². The van der Waals surface area contributed by atoms with Crippen molar-refractivity contribution in [1.29, 1.82) is 0 Å². The van der Waals surface area contributed by atoms with Gasteiger partial charge in [-0.25, -0.2) is 0 Å². The number of nitrogens with one attached hydrogen (secondary N) is 1. The number of carbonyl (C=O) groups is 2. The summed E-state index contributed by atoms with van der Waals surface area (Å²) in [5.74, 6) is 0.1000. The number of piperazine rings is 1. The summed E-state index contributed by atoms with van der Waals surface area (Å²) in [5.41, 5.74) is 1.04. The Kier molecular flexibility index (Phi) is 4.77. The van der Waals surface area contributed by atoms with Crippen molar-refractivity contribution in [3.63, 3.8) is 0 Å². The number of benzene rings is 1. The van der Waals surface area contributed by atoms with E-state index < -0.39 is 0 Å². The van der Waals surface area contributed by atoms with Crippen molar-refractivity contribution < 1.29 is 9.59 Å². The maximum Gasteiger partial charge on any atom is 0.239 e. The first kappa shape index (κ1) is 14.6. The molecule has 4 nitrogen and oxygen atoms in total. The summed E-state index contributed by atoms with van der Waals surface area (Å²) in [6.07, 6.45) is 0.936. The largest absolute Gasteiger partial charge is 0.353 e. The Morgan fingerprint density at radius 2 is 2.05 bits per heavy atom. The minimum Gasteiger partial charge on any atom is -0.353 e. The van der Waals surface area contributed by atoms with Crippen molar-refractivity contribution in [2.24, 2.45) is 5.92 Å². The molecule has 2 amide bonds. The molecule has 1 heterocycles. The standard InChI is InChI=1S/C16H22N2O2/c1-3-12(2)15(13-7-5-4-6-8-13)16(20)18-10-9-17-14(19)11-18/h4-8,12,15H,3,9-11H2,1-2H3,(H,17,19). The molecule has 20 heavy (non-hydrogen) atoms. The Labute approximate surface area is 120 Å². The molecule has 0 bridgehead atoms. The molecule has 1 aliphatic heterocycles. The van der Waals surface area contributed by atoms with Crippen LogP contribution < -0.4 is 5.32 Å². The molecule has 1 N–H and O–H groups in total. The molecule has 2 rings (SSSR count). The van der Waals surface area contributed by atoms with E-state index in [1.54, 1.807) is 4.90 Å². The van der Waals surface area contributed by atoms with E-state index >= 15 is 0 Å². The Morgan fingerprint density at radius 3 is 2.65 bits per heavy atom. The van der Waals surface area contributed by atoms with Crippen LogP contribution in [0.15, 0.2) is 30.3 Å². The van der Waals surface area contributed by atoms with Crippen molar-refractivity contribution in [3.8, 4) is 0 Å². The van der Waals surface area contributed by atoms with Crippen LogP contribution in [0.25, 0.3) is 0 Å². The maximum absolute atomic E-state index is 12.8. The number of carbonyl (C=O) groups excluding carboxylic acids is 2. The molecule has 0 saturated carbocycles. The van der Waals surface area contributed by atoms with E-state index in [1.165, 1.54) is 0 Å². The minimum absolute atomic E-state index is 0.0689.